The van der Waals surface area contributed by atoms with Crippen molar-refractivity contribution >= 4 is 17.6 Å². The molecule has 0 aliphatic rings. The van der Waals surface area contributed by atoms with Crippen molar-refractivity contribution in [3.05, 3.63) is 64.7 Å². The average Bonchev–Trinajstić information content (AvgIpc) is 2.56. The zero-order chi connectivity index (χ0) is 16.8. The van der Waals surface area contributed by atoms with E-state index in [2.05, 4.69) is 5.32 Å². The summed E-state index contributed by atoms with van der Waals surface area (Å²) >= 11 is 0. The van der Waals surface area contributed by atoms with Crippen molar-refractivity contribution in [1.29, 1.82) is 0 Å². The van der Waals surface area contributed by atoms with E-state index in [1.54, 1.807) is 24.3 Å². The number of carbonyl (C=O) groups is 2. The number of aryl methyl sites for hydroxylation is 2. The molecular weight excluding hydrogens is 294 g/mol. The average molecular weight is 313 g/mol. The number of ether oxygens (including phenoxy) is 1. The van der Waals surface area contributed by atoms with Crippen LogP contribution in [0, 0.1) is 13.8 Å². The van der Waals surface area contributed by atoms with E-state index in [4.69, 9.17) is 9.84 Å². The third kappa shape index (κ3) is 4.66. The first-order chi connectivity index (χ1) is 11.0. The van der Waals surface area contributed by atoms with Gasteiger partial charge in [-0.05, 0) is 48.7 Å². The Kier molecular flexibility index (Phi) is 5.49. The van der Waals surface area contributed by atoms with Crippen LogP contribution in [0.5, 0.6) is 0 Å². The van der Waals surface area contributed by atoms with E-state index in [9.17, 15) is 9.59 Å². The number of aliphatic hydroxyl groups excluding tert-OH is 1. The van der Waals surface area contributed by atoms with E-state index in [0.717, 1.165) is 11.1 Å². The van der Waals surface area contributed by atoms with Crippen LogP contribution in [-0.4, -0.2) is 23.6 Å². The Hall–Kier alpha value is -2.66. The van der Waals surface area contributed by atoms with Gasteiger partial charge in [-0.25, -0.2) is 4.79 Å². The molecule has 0 aromatic heterocycles. The molecular formula is C18H19NO4. The Morgan fingerprint density at radius 2 is 1.78 bits per heavy atom. The Balaban J connectivity index is 1.90. The fourth-order valence-electron chi connectivity index (χ4n) is 2.02. The number of anilines is 1. The highest BCUT2D eigenvalue weighted by atomic mass is 16.5. The first-order valence-corrected chi connectivity index (χ1v) is 7.23. The van der Waals surface area contributed by atoms with Crippen LogP contribution in [0.15, 0.2) is 42.5 Å². The third-order valence-corrected chi connectivity index (χ3v) is 3.37. The number of esters is 1. The summed E-state index contributed by atoms with van der Waals surface area (Å²) in [5.41, 5.74) is 3.72. The Morgan fingerprint density at radius 1 is 1.09 bits per heavy atom. The van der Waals surface area contributed by atoms with Crippen molar-refractivity contribution in [3.8, 4) is 0 Å². The summed E-state index contributed by atoms with van der Waals surface area (Å²) in [6.07, 6.45) is 0. The van der Waals surface area contributed by atoms with Crippen LogP contribution in [-0.2, 0) is 16.1 Å². The van der Waals surface area contributed by atoms with Gasteiger partial charge in [-0.1, -0.05) is 24.3 Å². The summed E-state index contributed by atoms with van der Waals surface area (Å²) in [6.45, 7) is 3.39. The molecule has 0 saturated heterocycles. The number of benzene rings is 2. The van der Waals surface area contributed by atoms with Gasteiger partial charge < -0.3 is 15.2 Å². The van der Waals surface area contributed by atoms with Crippen molar-refractivity contribution in [1.82, 2.24) is 0 Å². The van der Waals surface area contributed by atoms with E-state index < -0.39 is 5.97 Å². The molecule has 0 heterocycles. The molecule has 2 aromatic rings. The van der Waals surface area contributed by atoms with Crippen molar-refractivity contribution in [2.24, 2.45) is 0 Å². The second kappa shape index (κ2) is 7.56. The van der Waals surface area contributed by atoms with Crippen LogP contribution in [0.4, 0.5) is 5.69 Å². The van der Waals surface area contributed by atoms with Gasteiger partial charge >= 0.3 is 5.97 Å². The number of hydrogen-bond acceptors (Lipinski definition) is 4. The lowest BCUT2D eigenvalue weighted by atomic mass is 10.1. The summed E-state index contributed by atoms with van der Waals surface area (Å²) in [7, 11) is 0. The molecule has 0 radical (unpaired) electrons. The van der Waals surface area contributed by atoms with Gasteiger partial charge in [0, 0.05) is 5.69 Å². The summed E-state index contributed by atoms with van der Waals surface area (Å²) in [6, 6.07) is 12.1. The van der Waals surface area contributed by atoms with Gasteiger partial charge in [-0.3, -0.25) is 4.79 Å². The summed E-state index contributed by atoms with van der Waals surface area (Å²) in [4.78, 5) is 23.7. The van der Waals surface area contributed by atoms with Crippen molar-refractivity contribution < 1.29 is 19.4 Å². The van der Waals surface area contributed by atoms with Crippen molar-refractivity contribution in [2.45, 2.75) is 20.5 Å². The number of carbonyl (C=O) groups excluding carboxylic acids is 2. The highest BCUT2D eigenvalue weighted by molar-refractivity contribution is 5.95. The minimum Gasteiger partial charge on any atom is -0.452 e. The number of amides is 1. The third-order valence-electron chi connectivity index (χ3n) is 3.37. The van der Waals surface area contributed by atoms with Gasteiger partial charge in [-0.2, -0.15) is 0 Å². The molecule has 5 heteroatoms. The van der Waals surface area contributed by atoms with E-state index in [0.29, 0.717) is 16.8 Å². The zero-order valence-electron chi connectivity index (χ0n) is 13.1. The van der Waals surface area contributed by atoms with Crippen LogP contribution in [0.25, 0.3) is 0 Å². The van der Waals surface area contributed by atoms with Crippen molar-refractivity contribution in [3.63, 3.8) is 0 Å². The Bertz CT molecular complexity index is 707. The smallest absolute Gasteiger partial charge is 0.338 e. The highest BCUT2D eigenvalue weighted by Gasteiger charge is 2.11. The van der Waals surface area contributed by atoms with Gasteiger partial charge in [0.1, 0.15) is 0 Å². The minimum atomic E-state index is -0.578. The predicted octanol–water partition coefficient (Wildman–Crippen LogP) is 2.59. The molecule has 5 nitrogen and oxygen atoms in total. The first kappa shape index (κ1) is 16.7. The lowest BCUT2D eigenvalue weighted by Gasteiger charge is -2.10. The highest BCUT2D eigenvalue weighted by Crippen LogP contribution is 2.16. The second-order valence-electron chi connectivity index (χ2n) is 5.30. The fourth-order valence-corrected chi connectivity index (χ4v) is 2.02. The molecule has 0 unspecified atom stereocenters. The molecule has 0 spiro atoms. The van der Waals surface area contributed by atoms with Crippen LogP contribution in [0.3, 0.4) is 0 Å². The quantitative estimate of drug-likeness (QED) is 0.832. The van der Waals surface area contributed by atoms with Gasteiger partial charge in [0.05, 0.1) is 12.2 Å². The summed E-state index contributed by atoms with van der Waals surface area (Å²) < 4.78 is 4.99. The zero-order valence-corrected chi connectivity index (χ0v) is 13.1. The lowest BCUT2D eigenvalue weighted by Crippen LogP contribution is -2.21. The maximum absolute atomic E-state index is 11.9. The van der Waals surface area contributed by atoms with Crippen LogP contribution in [0.1, 0.15) is 27.0 Å². The van der Waals surface area contributed by atoms with E-state index in [-0.39, 0.29) is 19.1 Å². The minimum absolute atomic E-state index is 0.0897. The maximum Gasteiger partial charge on any atom is 0.338 e. The molecule has 0 bridgehead atoms. The predicted molar refractivity (Wildman–Crippen MR) is 87.2 cm³/mol. The molecule has 0 fully saturated rings. The molecule has 2 rings (SSSR count). The number of aliphatic hydroxyl groups is 1. The van der Waals surface area contributed by atoms with E-state index in [1.165, 1.54) is 0 Å². The van der Waals surface area contributed by atoms with Gasteiger partial charge in [0.15, 0.2) is 6.61 Å². The number of nitrogens with one attached hydrogen (secondary N) is 1. The lowest BCUT2D eigenvalue weighted by molar-refractivity contribution is -0.119. The van der Waals surface area contributed by atoms with E-state index >= 15 is 0 Å². The monoisotopic (exact) mass is 313 g/mol. The van der Waals surface area contributed by atoms with Crippen LogP contribution in [0.2, 0.25) is 0 Å². The molecule has 1 amide bonds. The molecule has 0 atom stereocenters. The molecule has 2 N–H and O–H groups in total. The van der Waals surface area contributed by atoms with Crippen LogP contribution < -0.4 is 5.32 Å². The van der Waals surface area contributed by atoms with Gasteiger partial charge in [0.2, 0.25) is 0 Å². The van der Waals surface area contributed by atoms with Crippen molar-refractivity contribution in [2.75, 3.05) is 11.9 Å². The molecule has 0 saturated carbocycles. The number of rotatable bonds is 5. The van der Waals surface area contributed by atoms with Gasteiger partial charge in [0.25, 0.3) is 5.91 Å². The molecule has 120 valence electrons. The molecule has 23 heavy (non-hydrogen) atoms. The topological polar surface area (TPSA) is 75.6 Å². The normalized spacial score (nSPS) is 10.2. The Morgan fingerprint density at radius 3 is 2.43 bits per heavy atom. The van der Waals surface area contributed by atoms with E-state index in [1.807, 2.05) is 32.0 Å². The maximum atomic E-state index is 11.9. The van der Waals surface area contributed by atoms with Crippen LogP contribution >= 0.6 is 0 Å². The fraction of sp³-hybridized carbons (Fsp3) is 0.222. The largest absolute Gasteiger partial charge is 0.452 e. The summed E-state index contributed by atoms with van der Waals surface area (Å²) in [5, 5.41) is 11.7. The Labute approximate surface area is 134 Å². The number of hydrogen-bond donors (Lipinski definition) is 2. The first-order valence-electron chi connectivity index (χ1n) is 7.23. The molecule has 2 aromatic carbocycles. The SMILES string of the molecule is Cc1ccc(C)c(NC(=O)COC(=O)c2ccc(CO)cc2)c1. The standard InChI is InChI=1S/C18H19NO4/c1-12-3-4-13(2)16(9-12)19-17(21)11-23-18(22)15-7-5-14(10-20)6-8-15/h3-9,20H,10-11H2,1-2H3,(H,19,21). The second-order valence-corrected chi connectivity index (χ2v) is 5.30. The molecule has 0 aliphatic heterocycles. The van der Waals surface area contributed by atoms with Gasteiger partial charge in [-0.15, -0.1) is 0 Å². The molecule has 0 aliphatic carbocycles. The summed E-state index contributed by atoms with van der Waals surface area (Å²) in [5.74, 6) is -0.968.